The van der Waals surface area contributed by atoms with Crippen molar-refractivity contribution in [1.29, 1.82) is 0 Å². The van der Waals surface area contributed by atoms with Crippen LogP contribution in [0.3, 0.4) is 0 Å². The van der Waals surface area contributed by atoms with Gasteiger partial charge in [0, 0.05) is 17.9 Å². The zero-order valence-corrected chi connectivity index (χ0v) is 13.4. The van der Waals surface area contributed by atoms with Gasteiger partial charge in [-0.1, -0.05) is 23.8 Å². The Hall–Kier alpha value is -1.36. The first-order valence-corrected chi connectivity index (χ1v) is 8.77. The number of benzene rings is 1. The standard InChI is InChI=1S/C17H21F2NOS/c18-15-8-4-7-14(17(15)19)11-22-12-16(21)20-10-9-13-5-2-1-3-6-13/h4-5,7-8H,1-3,6,9-12H2,(H,20,21). The molecule has 2 nitrogen and oxygen atoms in total. The molecule has 1 aliphatic carbocycles. The minimum atomic E-state index is -0.844. The zero-order chi connectivity index (χ0) is 15.8. The SMILES string of the molecule is O=C(CSCc1cccc(F)c1F)NCCC1=CCCCC1. The molecule has 0 atom stereocenters. The lowest BCUT2D eigenvalue weighted by Crippen LogP contribution is -2.26. The van der Waals surface area contributed by atoms with Crippen LogP contribution in [0.25, 0.3) is 0 Å². The number of nitrogens with one attached hydrogen (secondary N) is 1. The lowest BCUT2D eigenvalue weighted by atomic mass is 9.97. The molecule has 0 unspecified atom stereocenters. The lowest BCUT2D eigenvalue weighted by molar-refractivity contribution is -0.118. The molecule has 120 valence electrons. The first kappa shape index (κ1) is 17.0. The molecule has 22 heavy (non-hydrogen) atoms. The molecule has 0 bridgehead atoms. The number of thioether (sulfide) groups is 1. The van der Waals surface area contributed by atoms with Crippen LogP contribution in [-0.2, 0) is 10.5 Å². The lowest BCUT2D eigenvalue weighted by Gasteiger charge is -2.12. The van der Waals surface area contributed by atoms with Crippen molar-refractivity contribution in [1.82, 2.24) is 5.32 Å². The van der Waals surface area contributed by atoms with Gasteiger partial charge in [0.1, 0.15) is 0 Å². The van der Waals surface area contributed by atoms with Crippen molar-refractivity contribution in [3.8, 4) is 0 Å². The van der Waals surface area contributed by atoms with E-state index in [9.17, 15) is 13.6 Å². The smallest absolute Gasteiger partial charge is 0.230 e. The van der Waals surface area contributed by atoms with E-state index >= 15 is 0 Å². The first-order valence-electron chi connectivity index (χ1n) is 7.62. The van der Waals surface area contributed by atoms with Gasteiger partial charge in [-0.2, -0.15) is 0 Å². The second kappa shape index (κ2) is 8.93. The molecule has 0 spiro atoms. The average molecular weight is 325 g/mol. The summed E-state index contributed by atoms with van der Waals surface area (Å²) in [5, 5.41) is 2.87. The Balaban J connectivity index is 1.63. The molecule has 2 rings (SSSR count). The Morgan fingerprint density at radius 1 is 1.27 bits per heavy atom. The predicted octanol–water partition coefficient (Wildman–Crippen LogP) is 4.20. The quantitative estimate of drug-likeness (QED) is 0.761. The Morgan fingerprint density at radius 3 is 2.91 bits per heavy atom. The fourth-order valence-electron chi connectivity index (χ4n) is 2.46. The molecular formula is C17H21F2NOS. The molecule has 5 heteroatoms. The third-order valence-corrected chi connectivity index (χ3v) is 4.66. The van der Waals surface area contributed by atoms with Gasteiger partial charge in [-0.3, -0.25) is 4.79 Å². The van der Waals surface area contributed by atoms with E-state index in [0.717, 1.165) is 25.3 Å². The first-order chi connectivity index (χ1) is 10.7. The van der Waals surface area contributed by atoms with Crippen molar-refractivity contribution in [3.05, 3.63) is 47.0 Å². The maximum atomic E-state index is 13.4. The molecule has 0 saturated heterocycles. The highest BCUT2D eigenvalue weighted by atomic mass is 32.2. The Bertz CT molecular complexity index is 545. The molecule has 0 heterocycles. The molecule has 1 aromatic carbocycles. The third-order valence-electron chi connectivity index (χ3n) is 3.68. The topological polar surface area (TPSA) is 29.1 Å². The fraction of sp³-hybridized carbons (Fsp3) is 0.471. The van der Waals surface area contributed by atoms with Gasteiger partial charge in [0.05, 0.1) is 5.75 Å². The molecule has 1 amide bonds. The summed E-state index contributed by atoms with van der Waals surface area (Å²) < 4.78 is 26.5. The van der Waals surface area contributed by atoms with Gasteiger partial charge < -0.3 is 5.32 Å². The fourth-order valence-corrected chi connectivity index (χ4v) is 3.29. The third kappa shape index (κ3) is 5.44. The molecule has 0 radical (unpaired) electrons. The van der Waals surface area contributed by atoms with Crippen molar-refractivity contribution >= 4 is 17.7 Å². The van der Waals surface area contributed by atoms with E-state index in [1.54, 1.807) is 6.07 Å². The van der Waals surface area contributed by atoms with Crippen LogP contribution >= 0.6 is 11.8 Å². The Kier molecular flexibility index (Phi) is 6.90. The molecule has 1 N–H and O–H groups in total. The van der Waals surface area contributed by atoms with E-state index in [1.165, 1.54) is 36.2 Å². The van der Waals surface area contributed by atoms with Crippen LogP contribution in [0.2, 0.25) is 0 Å². The second-order valence-electron chi connectivity index (χ2n) is 5.41. The normalized spacial score (nSPS) is 14.5. The van der Waals surface area contributed by atoms with E-state index in [1.807, 2.05) is 0 Å². The highest BCUT2D eigenvalue weighted by Crippen LogP contribution is 2.20. The largest absolute Gasteiger partial charge is 0.355 e. The van der Waals surface area contributed by atoms with E-state index in [4.69, 9.17) is 0 Å². The van der Waals surface area contributed by atoms with Crippen LogP contribution in [0.1, 0.15) is 37.7 Å². The van der Waals surface area contributed by atoms with E-state index in [-0.39, 0.29) is 11.7 Å². The van der Waals surface area contributed by atoms with Crippen molar-refractivity contribution in [2.24, 2.45) is 0 Å². The van der Waals surface area contributed by atoms with Gasteiger partial charge in [0.2, 0.25) is 5.91 Å². The van der Waals surface area contributed by atoms with Crippen molar-refractivity contribution in [2.75, 3.05) is 12.3 Å². The summed E-state index contributed by atoms with van der Waals surface area (Å²) >= 11 is 1.29. The number of hydrogen-bond donors (Lipinski definition) is 1. The Labute approximate surface area is 134 Å². The monoisotopic (exact) mass is 325 g/mol. The summed E-state index contributed by atoms with van der Waals surface area (Å²) in [6, 6.07) is 4.11. The van der Waals surface area contributed by atoms with Gasteiger partial charge in [-0.05, 0) is 38.2 Å². The number of rotatable bonds is 7. The van der Waals surface area contributed by atoms with Crippen molar-refractivity contribution in [3.63, 3.8) is 0 Å². The second-order valence-corrected chi connectivity index (χ2v) is 6.40. The summed E-state index contributed by atoms with van der Waals surface area (Å²) in [6.45, 7) is 0.652. The molecule has 1 aromatic rings. The Morgan fingerprint density at radius 2 is 2.14 bits per heavy atom. The zero-order valence-electron chi connectivity index (χ0n) is 12.5. The molecule has 0 aromatic heterocycles. The van der Waals surface area contributed by atoms with Crippen LogP contribution in [0.5, 0.6) is 0 Å². The van der Waals surface area contributed by atoms with Crippen molar-refractivity contribution < 1.29 is 13.6 Å². The van der Waals surface area contributed by atoms with Gasteiger partial charge in [0.15, 0.2) is 11.6 Å². The number of allylic oxidation sites excluding steroid dienone is 1. The number of carbonyl (C=O) groups excluding carboxylic acids is 1. The van der Waals surface area contributed by atoms with Gasteiger partial charge in [-0.15, -0.1) is 11.8 Å². The van der Waals surface area contributed by atoms with Crippen LogP contribution < -0.4 is 5.32 Å². The molecule has 0 saturated carbocycles. The van der Waals surface area contributed by atoms with Crippen LogP contribution in [-0.4, -0.2) is 18.2 Å². The van der Waals surface area contributed by atoms with E-state index in [0.29, 0.717) is 17.9 Å². The van der Waals surface area contributed by atoms with Crippen molar-refractivity contribution in [2.45, 2.75) is 37.9 Å². The van der Waals surface area contributed by atoms with Crippen LogP contribution in [0.15, 0.2) is 29.8 Å². The number of halogens is 2. The molecule has 0 aliphatic heterocycles. The summed E-state index contributed by atoms with van der Waals surface area (Å²) in [7, 11) is 0. The summed E-state index contributed by atoms with van der Waals surface area (Å²) in [6.07, 6.45) is 7.99. The average Bonchev–Trinajstić information content (AvgIpc) is 2.52. The van der Waals surface area contributed by atoms with Gasteiger partial charge >= 0.3 is 0 Å². The highest BCUT2D eigenvalue weighted by molar-refractivity contribution is 7.99. The molecule has 0 fully saturated rings. The summed E-state index contributed by atoms with van der Waals surface area (Å²) in [5.74, 6) is -1.17. The van der Waals surface area contributed by atoms with Crippen LogP contribution in [0, 0.1) is 11.6 Å². The van der Waals surface area contributed by atoms with Gasteiger partial charge in [0.25, 0.3) is 0 Å². The van der Waals surface area contributed by atoms with E-state index in [2.05, 4.69) is 11.4 Å². The summed E-state index contributed by atoms with van der Waals surface area (Å²) in [4.78, 5) is 11.7. The minimum Gasteiger partial charge on any atom is -0.355 e. The maximum Gasteiger partial charge on any atom is 0.230 e. The van der Waals surface area contributed by atoms with Crippen LogP contribution in [0.4, 0.5) is 8.78 Å². The maximum absolute atomic E-state index is 13.4. The molecule has 1 aliphatic rings. The minimum absolute atomic E-state index is 0.0572. The number of carbonyl (C=O) groups is 1. The van der Waals surface area contributed by atoms with E-state index < -0.39 is 11.6 Å². The molecular weight excluding hydrogens is 304 g/mol. The predicted molar refractivity (Wildman–Crippen MR) is 86.7 cm³/mol. The highest BCUT2D eigenvalue weighted by Gasteiger charge is 2.09. The van der Waals surface area contributed by atoms with Gasteiger partial charge in [-0.25, -0.2) is 8.78 Å². The summed E-state index contributed by atoms with van der Waals surface area (Å²) in [5.41, 5.74) is 1.73. The number of hydrogen-bond acceptors (Lipinski definition) is 2. The number of amides is 1.